The molecule has 1 atom stereocenters. The van der Waals surface area contributed by atoms with Gasteiger partial charge in [-0.25, -0.2) is 0 Å². The lowest BCUT2D eigenvalue weighted by molar-refractivity contribution is -0.116. The van der Waals surface area contributed by atoms with Crippen molar-refractivity contribution in [2.45, 2.75) is 58.1 Å². The van der Waals surface area contributed by atoms with Gasteiger partial charge in [-0.05, 0) is 51.8 Å². The van der Waals surface area contributed by atoms with Crippen molar-refractivity contribution in [2.24, 2.45) is 0 Å². The van der Waals surface area contributed by atoms with Crippen LogP contribution in [0.3, 0.4) is 0 Å². The summed E-state index contributed by atoms with van der Waals surface area (Å²) in [6.07, 6.45) is 5.24. The number of carbonyl (C=O) groups excluding carboxylic acids is 1. The molecule has 0 radical (unpaired) electrons. The van der Waals surface area contributed by atoms with Crippen LogP contribution in [0.5, 0.6) is 5.75 Å². The maximum absolute atomic E-state index is 12.1. The quantitative estimate of drug-likeness (QED) is 0.845. The Morgan fingerprint density at radius 2 is 2.19 bits per heavy atom. The Balaban J connectivity index is 1.84. The van der Waals surface area contributed by atoms with Gasteiger partial charge in [0.1, 0.15) is 5.75 Å². The molecule has 1 amide bonds. The predicted octanol–water partition coefficient (Wildman–Crippen LogP) is 3.33. The van der Waals surface area contributed by atoms with Crippen LogP contribution in [-0.4, -0.2) is 24.6 Å². The Morgan fingerprint density at radius 3 is 2.90 bits per heavy atom. The zero-order valence-electron chi connectivity index (χ0n) is 13.0. The monoisotopic (exact) mass is 290 g/mol. The summed E-state index contributed by atoms with van der Waals surface area (Å²) in [6, 6.07) is 8.09. The molecule has 1 aromatic rings. The molecule has 0 saturated carbocycles. The van der Waals surface area contributed by atoms with Crippen LogP contribution in [0.1, 0.15) is 46.0 Å². The smallest absolute Gasteiger partial charge is 0.224 e. The number of benzene rings is 1. The SMILES string of the molecule is CC(C)Oc1ccccc1NC(=O)CCC1CCCCN1. The van der Waals surface area contributed by atoms with Crippen LogP contribution in [0.2, 0.25) is 0 Å². The number of ether oxygens (including phenoxy) is 1. The van der Waals surface area contributed by atoms with Gasteiger partial charge in [0.2, 0.25) is 5.91 Å². The third-order valence-electron chi connectivity index (χ3n) is 3.66. The molecule has 4 nitrogen and oxygen atoms in total. The molecule has 1 unspecified atom stereocenters. The number of hydrogen-bond acceptors (Lipinski definition) is 3. The second kappa shape index (κ2) is 8.03. The standard InChI is InChI=1S/C17H26N2O2/c1-13(2)21-16-9-4-3-8-15(16)19-17(20)11-10-14-7-5-6-12-18-14/h3-4,8-9,13-14,18H,5-7,10-12H2,1-2H3,(H,19,20). The van der Waals surface area contributed by atoms with Gasteiger partial charge in [-0.1, -0.05) is 18.6 Å². The van der Waals surface area contributed by atoms with E-state index in [1.807, 2.05) is 38.1 Å². The molecule has 1 aromatic carbocycles. The van der Waals surface area contributed by atoms with E-state index in [4.69, 9.17) is 4.74 Å². The van der Waals surface area contributed by atoms with Crippen LogP contribution in [0.4, 0.5) is 5.69 Å². The van der Waals surface area contributed by atoms with E-state index < -0.39 is 0 Å². The molecule has 4 heteroatoms. The van der Waals surface area contributed by atoms with Crippen molar-refractivity contribution in [3.05, 3.63) is 24.3 Å². The van der Waals surface area contributed by atoms with Crippen molar-refractivity contribution in [3.63, 3.8) is 0 Å². The summed E-state index contributed by atoms with van der Waals surface area (Å²) in [7, 11) is 0. The number of piperidine rings is 1. The fraction of sp³-hybridized carbons (Fsp3) is 0.588. The van der Waals surface area contributed by atoms with E-state index in [0.717, 1.165) is 24.4 Å². The summed E-state index contributed by atoms with van der Waals surface area (Å²) < 4.78 is 5.71. The third-order valence-corrected chi connectivity index (χ3v) is 3.66. The number of para-hydroxylation sites is 2. The summed E-state index contributed by atoms with van der Waals surface area (Å²) in [6.45, 7) is 5.04. The summed E-state index contributed by atoms with van der Waals surface area (Å²) in [5.74, 6) is 0.791. The Morgan fingerprint density at radius 1 is 1.38 bits per heavy atom. The Hall–Kier alpha value is -1.55. The first-order valence-electron chi connectivity index (χ1n) is 7.94. The van der Waals surface area contributed by atoms with E-state index in [0.29, 0.717) is 12.5 Å². The first kappa shape index (κ1) is 15.8. The average molecular weight is 290 g/mol. The van der Waals surface area contributed by atoms with E-state index in [-0.39, 0.29) is 12.0 Å². The minimum atomic E-state index is 0.0576. The van der Waals surface area contributed by atoms with Crippen molar-refractivity contribution in [1.82, 2.24) is 5.32 Å². The van der Waals surface area contributed by atoms with Crippen molar-refractivity contribution in [2.75, 3.05) is 11.9 Å². The highest BCUT2D eigenvalue weighted by atomic mass is 16.5. The molecule has 0 aromatic heterocycles. The molecule has 0 aliphatic carbocycles. The predicted molar refractivity (Wildman–Crippen MR) is 85.7 cm³/mol. The number of amides is 1. The lowest BCUT2D eigenvalue weighted by Crippen LogP contribution is -2.34. The average Bonchev–Trinajstić information content (AvgIpc) is 2.48. The van der Waals surface area contributed by atoms with Crippen LogP contribution >= 0.6 is 0 Å². The van der Waals surface area contributed by atoms with Gasteiger partial charge in [-0.3, -0.25) is 4.79 Å². The second-order valence-electron chi connectivity index (χ2n) is 5.90. The Labute approximate surface area is 127 Å². The van der Waals surface area contributed by atoms with Gasteiger partial charge in [0.25, 0.3) is 0 Å². The molecule has 0 bridgehead atoms. The molecule has 116 valence electrons. The lowest BCUT2D eigenvalue weighted by Gasteiger charge is -2.23. The Kier molecular flexibility index (Phi) is 6.05. The van der Waals surface area contributed by atoms with E-state index in [1.165, 1.54) is 19.3 Å². The zero-order valence-corrected chi connectivity index (χ0v) is 13.0. The third kappa shape index (κ3) is 5.38. The minimum Gasteiger partial charge on any atom is -0.489 e. The number of nitrogens with one attached hydrogen (secondary N) is 2. The normalized spacial score (nSPS) is 18.5. The van der Waals surface area contributed by atoms with E-state index in [1.54, 1.807) is 0 Å². The largest absolute Gasteiger partial charge is 0.489 e. The van der Waals surface area contributed by atoms with Crippen LogP contribution in [-0.2, 0) is 4.79 Å². The second-order valence-corrected chi connectivity index (χ2v) is 5.90. The molecule has 0 spiro atoms. The molecule has 1 aliphatic heterocycles. The van der Waals surface area contributed by atoms with Crippen molar-refractivity contribution in [1.29, 1.82) is 0 Å². The molecule has 1 saturated heterocycles. The van der Waals surface area contributed by atoms with E-state index in [2.05, 4.69) is 10.6 Å². The summed E-state index contributed by atoms with van der Waals surface area (Å²) >= 11 is 0. The van der Waals surface area contributed by atoms with Gasteiger partial charge in [0.05, 0.1) is 11.8 Å². The van der Waals surface area contributed by atoms with Gasteiger partial charge in [0, 0.05) is 12.5 Å². The first-order chi connectivity index (χ1) is 10.1. The molecule has 21 heavy (non-hydrogen) atoms. The van der Waals surface area contributed by atoms with Crippen LogP contribution < -0.4 is 15.4 Å². The maximum Gasteiger partial charge on any atom is 0.224 e. The first-order valence-corrected chi connectivity index (χ1v) is 7.94. The van der Waals surface area contributed by atoms with Crippen molar-refractivity contribution < 1.29 is 9.53 Å². The van der Waals surface area contributed by atoms with E-state index >= 15 is 0 Å². The number of hydrogen-bond donors (Lipinski definition) is 2. The van der Waals surface area contributed by atoms with Crippen LogP contribution in [0.15, 0.2) is 24.3 Å². The highest BCUT2D eigenvalue weighted by Gasteiger charge is 2.15. The number of rotatable bonds is 6. The minimum absolute atomic E-state index is 0.0576. The molecule has 1 aliphatic rings. The summed E-state index contributed by atoms with van der Waals surface area (Å²) in [4.78, 5) is 12.1. The number of anilines is 1. The summed E-state index contributed by atoms with van der Waals surface area (Å²) in [5, 5.41) is 6.43. The van der Waals surface area contributed by atoms with Gasteiger partial charge in [-0.2, -0.15) is 0 Å². The molecule has 1 fully saturated rings. The molecular formula is C17H26N2O2. The zero-order chi connectivity index (χ0) is 15.1. The topological polar surface area (TPSA) is 50.4 Å². The van der Waals surface area contributed by atoms with Gasteiger partial charge in [-0.15, -0.1) is 0 Å². The molecule has 1 heterocycles. The number of carbonyl (C=O) groups is 1. The lowest BCUT2D eigenvalue weighted by atomic mass is 10.0. The highest BCUT2D eigenvalue weighted by molar-refractivity contribution is 5.92. The fourth-order valence-corrected chi connectivity index (χ4v) is 2.62. The Bertz CT molecular complexity index is 454. The molecular weight excluding hydrogens is 264 g/mol. The highest BCUT2D eigenvalue weighted by Crippen LogP contribution is 2.25. The van der Waals surface area contributed by atoms with E-state index in [9.17, 15) is 4.79 Å². The summed E-state index contributed by atoms with van der Waals surface area (Å²) in [5.41, 5.74) is 0.757. The van der Waals surface area contributed by atoms with Gasteiger partial charge < -0.3 is 15.4 Å². The maximum atomic E-state index is 12.1. The van der Waals surface area contributed by atoms with Crippen molar-refractivity contribution in [3.8, 4) is 5.75 Å². The van der Waals surface area contributed by atoms with Crippen LogP contribution in [0, 0.1) is 0 Å². The molecule has 2 N–H and O–H groups in total. The van der Waals surface area contributed by atoms with Crippen molar-refractivity contribution >= 4 is 11.6 Å². The van der Waals surface area contributed by atoms with Gasteiger partial charge >= 0.3 is 0 Å². The fourth-order valence-electron chi connectivity index (χ4n) is 2.62. The van der Waals surface area contributed by atoms with Gasteiger partial charge in [0.15, 0.2) is 0 Å². The van der Waals surface area contributed by atoms with Crippen LogP contribution in [0.25, 0.3) is 0 Å². The molecule has 2 rings (SSSR count).